The van der Waals surface area contributed by atoms with Crippen molar-refractivity contribution < 1.29 is 14.3 Å². The number of carbonyl (C=O) groups is 2. The number of aromatic nitrogens is 1. The van der Waals surface area contributed by atoms with Crippen molar-refractivity contribution in [3.05, 3.63) is 108 Å². The van der Waals surface area contributed by atoms with Crippen LogP contribution in [0.1, 0.15) is 15.9 Å². The van der Waals surface area contributed by atoms with Gasteiger partial charge in [-0.15, -0.1) is 0 Å². The second kappa shape index (κ2) is 10.1. The highest BCUT2D eigenvalue weighted by atomic mass is 16.5. The molecule has 1 aromatic heterocycles. The highest BCUT2D eigenvalue weighted by Gasteiger charge is 2.14. The smallest absolute Gasteiger partial charge is 0.275 e. The molecular formula is C29H24N4O3. The standard InChI is InChI=1S/C29H24N4O3/c1-36-27-16-21-10-6-5-9-20(21)15-25(27)29(35)32-30-17-22-18-33(26-14-8-7-13-24(22)26)19-28(34)31-23-11-3-2-4-12-23/h2-18H,19H2,1H3,(H,31,34)(H,32,35)/b30-17-. The Hall–Kier alpha value is -4.91. The number of amides is 2. The molecule has 0 unspecified atom stereocenters. The van der Waals surface area contributed by atoms with E-state index >= 15 is 0 Å². The van der Waals surface area contributed by atoms with Crippen LogP contribution in [0.2, 0.25) is 0 Å². The molecule has 0 spiro atoms. The first kappa shape index (κ1) is 22.9. The Labute approximate surface area is 208 Å². The number of rotatable bonds is 7. The third-order valence-electron chi connectivity index (χ3n) is 5.87. The van der Waals surface area contributed by atoms with Crippen LogP contribution in [0.5, 0.6) is 5.75 Å². The normalized spacial score (nSPS) is 11.1. The molecule has 0 saturated carbocycles. The summed E-state index contributed by atoms with van der Waals surface area (Å²) in [6.45, 7) is 0.143. The summed E-state index contributed by atoms with van der Waals surface area (Å²) in [5.74, 6) is -0.0376. The molecule has 0 aliphatic rings. The van der Waals surface area contributed by atoms with Crippen LogP contribution in [-0.4, -0.2) is 29.7 Å². The van der Waals surface area contributed by atoms with Crippen LogP contribution in [-0.2, 0) is 11.3 Å². The zero-order chi connectivity index (χ0) is 24.9. The highest BCUT2D eigenvalue weighted by Crippen LogP contribution is 2.26. The van der Waals surface area contributed by atoms with E-state index in [2.05, 4.69) is 15.8 Å². The van der Waals surface area contributed by atoms with Gasteiger partial charge in [0.25, 0.3) is 5.91 Å². The van der Waals surface area contributed by atoms with Gasteiger partial charge in [-0.1, -0.05) is 60.7 Å². The van der Waals surface area contributed by atoms with Crippen molar-refractivity contribution in [1.29, 1.82) is 0 Å². The van der Waals surface area contributed by atoms with E-state index in [9.17, 15) is 9.59 Å². The summed E-state index contributed by atoms with van der Waals surface area (Å²) in [7, 11) is 1.53. The number of benzene rings is 4. The Bertz CT molecular complexity index is 1590. The average Bonchev–Trinajstić information content (AvgIpc) is 3.25. The number of carbonyl (C=O) groups excluding carboxylic acids is 2. The van der Waals surface area contributed by atoms with Crippen molar-refractivity contribution in [2.24, 2.45) is 5.10 Å². The third kappa shape index (κ3) is 4.81. The van der Waals surface area contributed by atoms with Crippen LogP contribution in [0.15, 0.2) is 102 Å². The summed E-state index contributed by atoms with van der Waals surface area (Å²) in [4.78, 5) is 25.5. The number of para-hydroxylation sites is 2. The number of hydrogen-bond acceptors (Lipinski definition) is 4. The van der Waals surface area contributed by atoms with Gasteiger partial charge in [-0.2, -0.15) is 5.10 Å². The molecule has 0 aliphatic heterocycles. The molecule has 7 heteroatoms. The molecule has 0 atom stereocenters. The Morgan fingerprint density at radius 2 is 1.61 bits per heavy atom. The fourth-order valence-corrected chi connectivity index (χ4v) is 4.17. The van der Waals surface area contributed by atoms with Crippen molar-refractivity contribution in [2.75, 3.05) is 12.4 Å². The van der Waals surface area contributed by atoms with Gasteiger partial charge >= 0.3 is 0 Å². The monoisotopic (exact) mass is 476 g/mol. The first-order chi connectivity index (χ1) is 17.6. The van der Waals surface area contributed by atoms with Crippen LogP contribution in [0.4, 0.5) is 5.69 Å². The van der Waals surface area contributed by atoms with E-state index in [4.69, 9.17) is 4.74 Å². The molecule has 0 aliphatic carbocycles. The minimum Gasteiger partial charge on any atom is -0.496 e. The van der Waals surface area contributed by atoms with E-state index in [-0.39, 0.29) is 18.4 Å². The molecule has 0 radical (unpaired) electrons. The number of hydrogen-bond donors (Lipinski definition) is 2. The summed E-state index contributed by atoms with van der Waals surface area (Å²) in [5, 5.41) is 9.93. The van der Waals surface area contributed by atoms with E-state index < -0.39 is 0 Å². The zero-order valence-corrected chi connectivity index (χ0v) is 19.6. The first-order valence-corrected chi connectivity index (χ1v) is 11.5. The zero-order valence-electron chi connectivity index (χ0n) is 19.6. The van der Waals surface area contributed by atoms with Gasteiger partial charge < -0.3 is 14.6 Å². The van der Waals surface area contributed by atoms with Gasteiger partial charge in [0.05, 0.1) is 18.9 Å². The van der Waals surface area contributed by atoms with E-state index in [0.29, 0.717) is 11.3 Å². The molecule has 0 bridgehead atoms. The SMILES string of the molecule is COc1cc2ccccc2cc1C(=O)N/N=C\c1cn(CC(=O)Nc2ccccc2)c2ccccc12. The number of methoxy groups -OCH3 is 1. The molecular weight excluding hydrogens is 452 g/mol. The summed E-state index contributed by atoms with van der Waals surface area (Å²) in [6, 6.07) is 28.5. The minimum atomic E-state index is -0.375. The number of hydrazone groups is 1. The molecule has 5 aromatic rings. The summed E-state index contributed by atoms with van der Waals surface area (Å²) >= 11 is 0. The quantitative estimate of drug-likeness (QED) is 0.250. The number of fused-ring (bicyclic) bond motifs is 2. The topological polar surface area (TPSA) is 84.7 Å². The average molecular weight is 477 g/mol. The van der Waals surface area contributed by atoms with Crippen LogP contribution in [0.3, 0.4) is 0 Å². The predicted molar refractivity (Wildman–Crippen MR) is 143 cm³/mol. The molecule has 2 amide bonds. The third-order valence-corrected chi connectivity index (χ3v) is 5.87. The molecule has 1 heterocycles. The lowest BCUT2D eigenvalue weighted by Gasteiger charge is -2.09. The Kier molecular flexibility index (Phi) is 6.44. The summed E-state index contributed by atoms with van der Waals surface area (Å²) < 4.78 is 7.29. The minimum absolute atomic E-state index is 0.137. The fraction of sp³-hybridized carbons (Fsp3) is 0.0690. The predicted octanol–water partition coefficient (Wildman–Crippen LogP) is 5.21. The lowest BCUT2D eigenvalue weighted by atomic mass is 10.1. The summed E-state index contributed by atoms with van der Waals surface area (Å²) in [6.07, 6.45) is 3.43. The van der Waals surface area contributed by atoms with Gasteiger partial charge in [0.2, 0.25) is 5.91 Å². The Morgan fingerprint density at radius 3 is 2.39 bits per heavy atom. The van der Waals surface area contributed by atoms with Crippen molar-refractivity contribution in [1.82, 2.24) is 9.99 Å². The van der Waals surface area contributed by atoms with Gasteiger partial charge in [0, 0.05) is 28.4 Å². The number of anilines is 1. The number of nitrogens with zero attached hydrogens (tertiary/aromatic N) is 2. The van der Waals surface area contributed by atoms with Crippen LogP contribution in [0.25, 0.3) is 21.7 Å². The molecule has 0 fully saturated rings. The molecule has 4 aromatic carbocycles. The highest BCUT2D eigenvalue weighted by molar-refractivity contribution is 6.03. The van der Waals surface area contributed by atoms with Gasteiger partial charge in [-0.05, 0) is 41.1 Å². The maximum Gasteiger partial charge on any atom is 0.275 e. The summed E-state index contributed by atoms with van der Waals surface area (Å²) in [5.41, 5.74) is 5.41. The molecule has 178 valence electrons. The van der Waals surface area contributed by atoms with Gasteiger partial charge in [0.1, 0.15) is 12.3 Å². The van der Waals surface area contributed by atoms with E-state index in [1.807, 2.05) is 95.7 Å². The molecule has 0 saturated heterocycles. The maximum atomic E-state index is 12.9. The molecule has 2 N–H and O–H groups in total. The molecule has 36 heavy (non-hydrogen) atoms. The van der Waals surface area contributed by atoms with E-state index in [0.717, 1.165) is 32.9 Å². The van der Waals surface area contributed by atoms with Crippen molar-refractivity contribution in [2.45, 2.75) is 6.54 Å². The molecule has 5 rings (SSSR count). The molecule has 7 nitrogen and oxygen atoms in total. The lowest BCUT2D eigenvalue weighted by Crippen LogP contribution is -2.18. The van der Waals surface area contributed by atoms with Crippen LogP contribution in [0, 0.1) is 0 Å². The van der Waals surface area contributed by atoms with Crippen molar-refractivity contribution in [3.8, 4) is 5.75 Å². The largest absolute Gasteiger partial charge is 0.496 e. The fourth-order valence-electron chi connectivity index (χ4n) is 4.17. The van der Waals surface area contributed by atoms with Crippen molar-refractivity contribution in [3.63, 3.8) is 0 Å². The van der Waals surface area contributed by atoms with Crippen LogP contribution < -0.4 is 15.5 Å². The van der Waals surface area contributed by atoms with E-state index in [1.165, 1.54) is 7.11 Å². The second-order valence-corrected chi connectivity index (χ2v) is 8.24. The van der Waals surface area contributed by atoms with Gasteiger partial charge in [-0.3, -0.25) is 9.59 Å². The number of ether oxygens (including phenoxy) is 1. The number of nitrogens with one attached hydrogen (secondary N) is 2. The van der Waals surface area contributed by atoms with Gasteiger partial charge in [0.15, 0.2) is 0 Å². The Morgan fingerprint density at radius 1 is 0.917 bits per heavy atom. The maximum absolute atomic E-state index is 12.9. The van der Waals surface area contributed by atoms with Gasteiger partial charge in [-0.25, -0.2) is 5.43 Å². The van der Waals surface area contributed by atoms with E-state index in [1.54, 1.807) is 12.3 Å². The first-order valence-electron chi connectivity index (χ1n) is 11.5. The van der Waals surface area contributed by atoms with Crippen molar-refractivity contribution >= 4 is 45.4 Å². The Balaban J connectivity index is 1.35. The van der Waals surface area contributed by atoms with Crippen LogP contribution >= 0.6 is 0 Å². The second-order valence-electron chi connectivity index (χ2n) is 8.24. The lowest BCUT2D eigenvalue weighted by molar-refractivity contribution is -0.116.